The fourth-order valence-electron chi connectivity index (χ4n) is 1.09. The maximum absolute atomic E-state index is 3.69. The fraction of sp³-hybridized carbons (Fsp3) is 0.154. The van der Waals surface area contributed by atoms with Crippen LogP contribution >= 0.6 is 11.8 Å². The summed E-state index contributed by atoms with van der Waals surface area (Å²) in [7, 11) is 0. The van der Waals surface area contributed by atoms with Gasteiger partial charge in [-0.25, -0.2) is 0 Å². The molecule has 0 spiro atoms. The van der Waals surface area contributed by atoms with Crippen molar-refractivity contribution >= 4 is 18.5 Å². The summed E-state index contributed by atoms with van der Waals surface area (Å²) < 4.78 is 0. The lowest BCUT2D eigenvalue weighted by molar-refractivity contribution is 1.42. The zero-order valence-corrected chi connectivity index (χ0v) is 9.70. The van der Waals surface area contributed by atoms with Crippen LogP contribution in [0.4, 0.5) is 0 Å². The van der Waals surface area contributed by atoms with Crippen molar-refractivity contribution in [2.75, 3.05) is 0 Å². The van der Waals surface area contributed by atoms with E-state index in [1.165, 1.54) is 10.5 Å². The summed E-state index contributed by atoms with van der Waals surface area (Å²) in [5, 5.41) is 0. The van der Waals surface area contributed by atoms with Crippen LogP contribution in [0.15, 0.2) is 58.6 Å². The molecule has 0 saturated carbocycles. The predicted molar refractivity (Wildman–Crippen MR) is 70.2 cm³/mol. The molecule has 0 unspecified atom stereocenters. The molecule has 0 aliphatic rings. The Morgan fingerprint density at radius 2 is 2.13 bits per heavy atom. The van der Waals surface area contributed by atoms with Crippen molar-refractivity contribution in [3.8, 4) is 0 Å². The van der Waals surface area contributed by atoms with E-state index in [-0.39, 0.29) is 0 Å². The van der Waals surface area contributed by atoms with Crippen LogP contribution in [0.5, 0.6) is 0 Å². The van der Waals surface area contributed by atoms with Crippen LogP contribution in [0.25, 0.3) is 0 Å². The molecule has 0 radical (unpaired) electrons. The molecule has 0 heterocycles. The number of allylic oxidation sites excluding steroid dienone is 2. The van der Waals surface area contributed by atoms with Crippen LogP contribution in [0.2, 0.25) is 0 Å². The first-order chi connectivity index (χ1) is 7.36. The molecule has 78 valence electrons. The average Bonchev–Trinajstić information content (AvgIpc) is 2.31. The Labute approximate surface area is 95.6 Å². The van der Waals surface area contributed by atoms with Crippen molar-refractivity contribution in [2.45, 2.75) is 12.7 Å². The molecular weight excluding hydrogens is 202 g/mol. The summed E-state index contributed by atoms with van der Waals surface area (Å²) in [5.74, 6) is 0.988. The van der Waals surface area contributed by atoms with E-state index >= 15 is 0 Å². The first-order valence-electron chi connectivity index (χ1n) is 4.82. The van der Waals surface area contributed by atoms with Crippen LogP contribution in [0, 0.1) is 0 Å². The van der Waals surface area contributed by atoms with E-state index in [9.17, 15) is 0 Å². The highest BCUT2D eigenvalue weighted by Gasteiger charge is 1.94. The summed E-state index contributed by atoms with van der Waals surface area (Å²) >= 11 is 1.80. The minimum absolute atomic E-state index is 0.988. The SMILES string of the molecule is C=N/C=C\C(=C/C)SCc1ccccc1. The maximum atomic E-state index is 3.69. The van der Waals surface area contributed by atoms with E-state index in [2.05, 4.69) is 42.1 Å². The van der Waals surface area contributed by atoms with Crippen molar-refractivity contribution in [1.82, 2.24) is 0 Å². The van der Waals surface area contributed by atoms with Crippen LogP contribution < -0.4 is 0 Å². The lowest BCUT2D eigenvalue weighted by Gasteiger charge is -2.01. The topological polar surface area (TPSA) is 12.4 Å². The molecule has 0 amide bonds. The molecule has 1 aromatic carbocycles. The van der Waals surface area contributed by atoms with Gasteiger partial charge >= 0.3 is 0 Å². The molecule has 0 fully saturated rings. The van der Waals surface area contributed by atoms with Gasteiger partial charge in [0.15, 0.2) is 0 Å². The number of hydrogen-bond donors (Lipinski definition) is 0. The maximum Gasteiger partial charge on any atom is 0.0271 e. The molecule has 0 bridgehead atoms. The monoisotopic (exact) mass is 217 g/mol. The second kappa shape index (κ2) is 7.07. The van der Waals surface area contributed by atoms with Crippen molar-refractivity contribution in [3.05, 3.63) is 59.2 Å². The minimum atomic E-state index is 0.988. The molecule has 0 atom stereocenters. The normalized spacial score (nSPS) is 11.9. The van der Waals surface area contributed by atoms with E-state index in [0.29, 0.717) is 0 Å². The minimum Gasteiger partial charge on any atom is -0.272 e. The van der Waals surface area contributed by atoms with Gasteiger partial charge in [-0.3, -0.25) is 4.99 Å². The van der Waals surface area contributed by atoms with Gasteiger partial charge in [0, 0.05) is 16.9 Å². The molecule has 0 aliphatic heterocycles. The van der Waals surface area contributed by atoms with Gasteiger partial charge in [0.2, 0.25) is 0 Å². The molecule has 15 heavy (non-hydrogen) atoms. The Morgan fingerprint density at radius 3 is 2.73 bits per heavy atom. The van der Waals surface area contributed by atoms with Gasteiger partial charge in [-0.05, 0) is 25.3 Å². The van der Waals surface area contributed by atoms with Crippen molar-refractivity contribution < 1.29 is 0 Å². The predicted octanol–water partition coefficient (Wildman–Crippen LogP) is 4.04. The van der Waals surface area contributed by atoms with Crippen LogP contribution in [-0.2, 0) is 5.75 Å². The van der Waals surface area contributed by atoms with Crippen LogP contribution in [-0.4, -0.2) is 6.72 Å². The first kappa shape index (κ1) is 11.8. The summed E-state index contributed by atoms with van der Waals surface area (Å²) in [5.41, 5.74) is 1.34. The Balaban J connectivity index is 2.49. The summed E-state index contributed by atoms with van der Waals surface area (Å²) in [6.07, 6.45) is 5.77. The number of thioether (sulfide) groups is 1. The molecule has 1 aromatic rings. The number of nitrogens with zero attached hydrogens (tertiary/aromatic N) is 1. The Bertz CT molecular complexity index is 352. The number of hydrogen-bond acceptors (Lipinski definition) is 2. The quantitative estimate of drug-likeness (QED) is 0.535. The second-order valence-electron chi connectivity index (χ2n) is 2.96. The highest BCUT2D eigenvalue weighted by molar-refractivity contribution is 8.02. The van der Waals surface area contributed by atoms with E-state index in [0.717, 1.165) is 5.75 Å². The highest BCUT2D eigenvalue weighted by Crippen LogP contribution is 2.21. The van der Waals surface area contributed by atoms with Crippen molar-refractivity contribution in [3.63, 3.8) is 0 Å². The number of benzene rings is 1. The van der Waals surface area contributed by atoms with Crippen molar-refractivity contribution in [1.29, 1.82) is 0 Å². The van der Waals surface area contributed by atoms with Gasteiger partial charge in [-0.15, -0.1) is 11.8 Å². The molecule has 1 nitrogen and oxygen atoms in total. The molecule has 0 aromatic heterocycles. The summed E-state index contributed by atoms with van der Waals surface area (Å²) in [6.45, 7) is 5.44. The molecule has 1 rings (SSSR count). The Hall–Kier alpha value is -1.28. The number of rotatable bonds is 5. The molecule has 0 N–H and O–H groups in total. The van der Waals surface area contributed by atoms with E-state index in [1.807, 2.05) is 19.1 Å². The van der Waals surface area contributed by atoms with Gasteiger partial charge in [0.05, 0.1) is 0 Å². The van der Waals surface area contributed by atoms with Gasteiger partial charge in [0.1, 0.15) is 0 Å². The fourth-order valence-corrected chi connectivity index (χ4v) is 1.94. The first-order valence-corrected chi connectivity index (χ1v) is 5.81. The third kappa shape index (κ3) is 4.66. The van der Waals surface area contributed by atoms with E-state index in [4.69, 9.17) is 0 Å². The third-order valence-corrected chi connectivity index (χ3v) is 3.06. The second-order valence-corrected chi connectivity index (χ2v) is 4.01. The summed E-state index contributed by atoms with van der Waals surface area (Å²) in [4.78, 5) is 4.91. The van der Waals surface area contributed by atoms with Gasteiger partial charge < -0.3 is 0 Å². The lowest BCUT2D eigenvalue weighted by atomic mass is 10.2. The Kier molecular flexibility index (Phi) is 5.56. The van der Waals surface area contributed by atoms with Crippen molar-refractivity contribution in [2.24, 2.45) is 4.99 Å². The number of aliphatic imine (C=N–C) groups is 1. The molecular formula is C13H15NS. The standard InChI is InChI=1S/C13H15NS/c1-3-13(9-10-14-2)15-11-12-7-5-4-6-8-12/h3-10H,2,11H2,1H3/b10-9-,13-3+. The molecule has 2 heteroatoms. The molecule has 0 aliphatic carbocycles. The zero-order valence-electron chi connectivity index (χ0n) is 8.89. The van der Waals surface area contributed by atoms with Crippen LogP contribution in [0.3, 0.4) is 0 Å². The average molecular weight is 217 g/mol. The summed E-state index contributed by atoms with van der Waals surface area (Å²) in [6, 6.07) is 10.4. The largest absolute Gasteiger partial charge is 0.272 e. The highest BCUT2D eigenvalue weighted by atomic mass is 32.2. The zero-order chi connectivity index (χ0) is 10.9. The smallest absolute Gasteiger partial charge is 0.0271 e. The van der Waals surface area contributed by atoms with Gasteiger partial charge in [-0.1, -0.05) is 36.4 Å². The lowest BCUT2D eigenvalue weighted by Crippen LogP contribution is -1.79. The van der Waals surface area contributed by atoms with E-state index in [1.54, 1.807) is 18.0 Å². The molecule has 0 saturated heterocycles. The third-order valence-electron chi connectivity index (χ3n) is 1.88. The van der Waals surface area contributed by atoms with Crippen LogP contribution in [0.1, 0.15) is 12.5 Å². The van der Waals surface area contributed by atoms with Gasteiger partial charge in [-0.2, -0.15) is 0 Å². The van der Waals surface area contributed by atoms with Gasteiger partial charge in [0.25, 0.3) is 0 Å². The van der Waals surface area contributed by atoms with E-state index < -0.39 is 0 Å². The Morgan fingerprint density at radius 1 is 1.40 bits per heavy atom.